The van der Waals surface area contributed by atoms with Gasteiger partial charge in [0.25, 0.3) is 0 Å². The second-order valence-electron chi connectivity index (χ2n) is 5.94. The number of rotatable bonds is 4. The Balaban J connectivity index is 1.42. The Labute approximate surface area is 158 Å². The van der Waals surface area contributed by atoms with Crippen molar-refractivity contribution in [3.8, 4) is 28.6 Å². The third kappa shape index (κ3) is 3.00. The zero-order valence-electron chi connectivity index (χ0n) is 14.0. The molecule has 0 spiro atoms. The number of benzene rings is 2. The molecule has 0 unspecified atom stereocenters. The van der Waals surface area contributed by atoms with E-state index in [-0.39, 0.29) is 6.79 Å². The van der Waals surface area contributed by atoms with E-state index in [0.29, 0.717) is 28.9 Å². The van der Waals surface area contributed by atoms with E-state index in [2.05, 4.69) is 20.5 Å². The topological polar surface area (TPSA) is 79.9 Å². The number of nitrogens with zero attached hydrogens (tertiary/aromatic N) is 6. The Bertz CT molecular complexity index is 1110. The molecule has 0 fully saturated rings. The van der Waals surface area contributed by atoms with E-state index in [9.17, 15) is 0 Å². The van der Waals surface area contributed by atoms with Crippen molar-refractivity contribution in [3.63, 3.8) is 0 Å². The van der Waals surface area contributed by atoms with Crippen molar-refractivity contribution in [3.05, 3.63) is 65.4 Å². The fraction of sp³-hybridized carbons (Fsp3) is 0.111. The highest BCUT2D eigenvalue weighted by atomic mass is 35.5. The smallest absolute Gasteiger partial charge is 0.231 e. The van der Waals surface area contributed by atoms with Gasteiger partial charge in [0, 0.05) is 29.0 Å². The van der Waals surface area contributed by atoms with Crippen LogP contribution in [0.1, 0.15) is 5.56 Å². The summed E-state index contributed by atoms with van der Waals surface area (Å²) >= 11 is 6.32. The molecule has 0 aliphatic carbocycles. The summed E-state index contributed by atoms with van der Waals surface area (Å²) in [5.41, 5.74) is 2.61. The molecule has 0 bridgehead atoms. The molecule has 3 heterocycles. The van der Waals surface area contributed by atoms with Crippen molar-refractivity contribution in [2.24, 2.45) is 0 Å². The van der Waals surface area contributed by atoms with Crippen LogP contribution in [0.3, 0.4) is 0 Å². The van der Waals surface area contributed by atoms with Gasteiger partial charge in [-0.25, -0.2) is 4.68 Å². The summed E-state index contributed by atoms with van der Waals surface area (Å²) in [5.74, 6) is 1.84. The maximum atomic E-state index is 6.32. The van der Waals surface area contributed by atoms with Gasteiger partial charge in [0.05, 0.1) is 12.2 Å². The first-order valence-electron chi connectivity index (χ1n) is 8.22. The molecule has 1 aliphatic rings. The molecule has 4 aromatic rings. The van der Waals surface area contributed by atoms with Gasteiger partial charge in [-0.2, -0.15) is 9.90 Å². The minimum absolute atomic E-state index is 0.202. The van der Waals surface area contributed by atoms with E-state index in [1.165, 1.54) is 4.80 Å². The molecule has 27 heavy (non-hydrogen) atoms. The Morgan fingerprint density at radius 3 is 2.81 bits per heavy atom. The fourth-order valence-electron chi connectivity index (χ4n) is 2.87. The lowest BCUT2D eigenvalue weighted by molar-refractivity contribution is 0.174. The molecule has 5 rings (SSSR count). The Morgan fingerprint density at radius 2 is 1.96 bits per heavy atom. The highest BCUT2D eigenvalue weighted by Crippen LogP contribution is 2.37. The summed E-state index contributed by atoms with van der Waals surface area (Å²) in [7, 11) is 0. The molecule has 8 nitrogen and oxygen atoms in total. The summed E-state index contributed by atoms with van der Waals surface area (Å²) < 4.78 is 12.5. The van der Waals surface area contributed by atoms with Crippen molar-refractivity contribution in [2.75, 3.05) is 6.79 Å². The van der Waals surface area contributed by atoms with Crippen LogP contribution >= 0.6 is 11.6 Å². The van der Waals surface area contributed by atoms with Crippen LogP contribution in [0.5, 0.6) is 11.5 Å². The van der Waals surface area contributed by atoms with Crippen molar-refractivity contribution < 1.29 is 9.47 Å². The normalized spacial score (nSPS) is 12.5. The summed E-state index contributed by atoms with van der Waals surface area (Å²) in [6, 6.07) is 13.2. The lowest BCUT2D eigenvalue weighted by Crippen LogP contribution is -2.04. The lowest BCUT2D eigenvalue weighted by Gasteiger charge is -2.05. The van der Waals surface area contributed by atoms with Crippen LogP contribution < -0.4 is 9.47 Å². The fourth-order valence-corrected chi connectivity index (χ4v) is 3.08. The maximum Gasteiger partial charge on any atom is 0.231 e. The van der Waals surface area contributed by atoms with Gasteiger partial charge < -0.3 is 9.47 Å². The zero-order valence-corrected chi connectivity index (χ0v) is 14.7. The van der Waals surface area contributed by atoms with Crippen LogP contribution in [0, 0.1) is 0 Å². The second kappa shape index (κ2) is 6.40. The highest BCUT2D eigenvalue weighted by molar-refractivity contribution is 6.31. The number of hydrogen-bond acceptors (Lipinski definition) is 6. The average molecular weight is 381 g/mol. The minimum atomic E-state index is 0.202. The molecule has 0 saturated heterocycles. The Kier molecular flexibility index (Phi) is 3.75. The van der Waals surface area contributed by atoms with Gasteiger partial charge in [0.15, 0.2) is 11.5 Å². The van der Waals surface area contributed by atoms with Gasteiger partial charge in [-0.3, -0.25) is 0 Å². The monoisotopic (exact) mass is 380 g/mol. The second-order valence-corrected chi connectivity index (χ2v) is 6.35. The van der Waals surface area contributed by atoms with E-state index in [1.54, 1.807) is 16.9 Å². The molecule has 134 valence electrons. The summed E-state index contributed by atoms with van der Waals surface area (Å²) in [4.78, 5) is 1.50. The van der Waals surface area contributed by atoms with Gasteiger partial charge in [0.2, 0.25) is 12.6 Å². The average Bonchev–Trinajstić information content (AvgIpc) is 3.44. The van der Waals surface area contributed by atoms with Gasteiger partial charge in [-0.05, 0) is 35.0 Å². The van der Waals surface area contributed by atoms with Crippen molar-refractivity contribution in [2.45, 2.75) is 6.54 Å². The molecule has 2 aromatic carbocycles. The number of halogens is 1. The molecular weight excluding hydrogens is 368 g/mol. The molecule has 0 N–H and O–H groups in total. The number of fused-ring (bicyclic) bond motifs is 1. The first kappa shape index (κ1) is 15.8. The molecule has 9 heteroatoms. The number of tetrazole rings is 1. The lowest BCUT2D eigenvalue weighted by atomic mass is 10.2. The van der Waals surface area contributed by atoms with Crippen molar-refractivity contribution in [1.82, 2.24) is 30.0 Å². The number of ether oxygens (including phenoxy) is 2. The zero-order chi connectivity index (χ0) is 18.2. The van der Waals surface area contributed by atoms with E-state index in [4.69, 9.17) is 21.1 Å². The van der Waals surface area contributed by atoms with Crippen LogP contribution in [0.2, 0.25) is 5.02 Å². The predicted molar refractivity (Wildman–Crippen MR) is 97.1 cm³/mol. The third-order valence-corrected chi connectivity index (χ3v) is 4.53. The first-order valence-corrected chi connectivity index (χ1v) is 8.60. The van der Waals surface area contributed by atoms with Crippen LogP contribution in [-0.4, -0.2) is 36.8 Å². The third-order valence-electron chi connectivity index (χ3n) is 4.18. The summed E-state index contributed by atoms with van der Waals surface area (Å²) in [6.45, 7) is 0.578. The number of aromatic nitrogens is 6. The first-order chi connectivity index (χ1) is 13.3. The molecule has 0 atom stereocenters. The van der Waals surface area contributed by atoms with Crippen LogP contribution in [-0.2, 0) is 6.54 Å². The molecular formula is C18H13ClN6O2. The maximum absolute atomic E-state index is 6.32. The van der Waals surface area contributed by atoms with Gasteiger partial charge in [0.1, 0.15) is 0 Å². The van der Waals surface area contributed by atoms with E-state index < -0.39 is 0 Å². The van der Waals surface area contributed by atoms with Gasteiger partial charge >= 0.3 is 0 Å². The van der Waals surface area contributed by atoms with E-state index in [1.807, 2.05) is 42.6 Å². The standard InChI is InChI=1S/C18H13ClN6O2/c19-15-9-17-16(26-11-27-17)8-13(15)10-25-22-18(21-23-25)12-3-1-4-14(7-12)24-6-2-5-20-24/h1-9H,10-11H2. The quantitative estimate of drug-likeness (QED) is 0.541. The van der Waals surface area contributed by atoms with Crippen LogP contribution in [0.25, 0.3) is 17.1 Å². The van der Waals surface area contributed by atoms with E-state index >= 15 is 0 Å². The molecule has 1 aliphatic heterocycles. The largest absolute Gasteiger partial charge is 0.454 e. The SMILES string of the molecule is Clc1cc2c(cc1Cn1nnc(-c3cccc(-n4cccn4)c3)n1)OCO2. The molecule has 2 aromatic heterocycles. The minimum Gasteiger partial charge on any atom is -0.454 e. The molecule has 0 amide bonds. The summed E-state index contributed by atoms with van der Waals surface area (Å²) in [5, 5.41) is 17.6. The van der Waals surface area contributed by atoms with Crippen LogP contribution in [0.4, 0.5) is 0 Å². The highest BCUT2D eigenvalue weighted by Gasteiger charge is 2.17. The van der Waals surface area contributed by atoms with E-state index in [0.717, 1.165) is 16.8 Å². The Hall–Kier alpha value is -3.39. The molecule has 0 saturated carbocycles. The van der Waals surface area contributed by atoms with Crippen molar-refractivity contribution in [1.29, 1.82) is 0 Å². The molecule has 0 radical (unpaired) electrons. The van der Waals surface area contributed by atoms with Gasteiger partial charge in [-0.15, -0.1) is 10.2 Å². The Morgan fingerprint density at radius 1 is 1.07 bits per heavy atom. The predicted octanol–water partition coefficient (Wildman–Crippen LogP) is 2.96. The van der Waals surface area contributed by atoms with Crippen LogP contribution in [0.15, 0.2) is 54.9 Å². The number of hydrogen-bond donors (Lipinski definition) is 0. The summed E-state index contributed by atoms with van der Waals surface area (Å²) in [6.07, 6.45) is 3.61. The van der Waals surface area contributed by atoms with Crippen molar-refractivity contribution >= 4 is 11.6 Å². The van der Waals surface area contributed by atoms with Gasteiger partial charge in [-0.1, -0.05) is 23.7 Å².